The molecule has 0 aliphatic heterocycles. The minimum Gasteiger partial charge on any atom is -0.464 e. The summed E-state index contributed by atoms with van der Waals surface area (Å²) in [5.41, 5.74) is 3.26. The van der Waals surface area contributed by atoms with Gasteiger partial charge in [0.25, 0.3) is 0 Å². The lowest BCUT2D eigenvalue weighted by molar-refractivity contribution is 0.0736. The summed E-state index contributed by atoms with van der Waals surface area (Å²) in [4.78, 5) is 0. The lowest BCUT2D eigenvalue weighted by atomic mass is 9.76. The van der Waals surface area contributed by atoms with E-state index in [-0.39, 0.29) is 12.1 Å². The molecule has 6 nitrogen and oxygen atoms in total. The first kappa shape index (κ1) is 23.1. The molecule has 0 bridgehead atoms. The molecule has 0 spiro atoms. The summed E-state index contributed by atoms with van der Waals surface area (Å²) in [5, 5.41) is 30.7. The third kappa shape index (κ3) is 4.51. The summed E-state index contributed by atoms with van der Waals surface area (Å²) in [6.45, 7) is 2.56. The largest absolute Gasteiger partial charge is 0.464 e. The highest BCUT2D eigenvalue weighted by molar-refractivity contribution is 5.79. The van der Waals surface area contributed by atoms with E-state index in [1.807, 2.05) is 55.6 Å². The van der Waals surface area contributed by atoms with Gasteiger partial charge in [-0.1, -0.05) is 37.6 Å². The molecule has 180 valence electrons. The number of hydrogen-bond acceptors (Lipinski definition) is 6. The molecular formula is C28H34N2O4. The smallest absolute Gasteiger partial charge is 0.134 e. The van der Waals surface area contributed by atoms with Gasteiger partial charge in [0.05, 0.1) is 25.0 Å². The van der Waals surface area contributed by atoms with E-state index < -0.39 is 12.2 Å². The Bertz CT molecular complexity index is 1240. The second kappa shape index (κ2) is 9.92. The van der Waals surface area contributed by atoms with Crippen LogP contribution in [0.3, 0.4) is 0 Å². The van der Waals surface area contributed by atoms with Gasteiger partial charge in [0.15, 0.2) is 0 Å². The lowest BCUT2D eigenvalue weighted by Crippen LogP contribution is -2.42. The Balaban J connectivity index is 1.27. The molecule has 0 amide bonds. The van der Waals surface area contributed by atoms with Gasteiger partial charge in [0.2, 0.25) is 0 Å². The fourth-order valence-corrected chi connectivity index (χ4v) is 5.13. The standard InChI is InChI=1S/C28H34N2O4/c1-3-23(27(31)20-9-7-17-11-12-33-24(17)14-20)30-16-22-13-19-8-10-21(15-25(19)34-22)28(32)26(29-2)18-5-4-6-18/h7-15,18,23,26-32H,3-6,16H2,1-2H3. The maximum atomic E-state index is 11.0. The number of likely N-dealkylation sites (N-methyl/N-ethyl adjacent to an activating group) is 1. The van der Waals surface area contributed by atoms with Gasteiger partial charge in [0.1, 0.15) is 16.9 Å². The third-order valence-electron chi connectivity index (χ3n) is 7.45. The van der Waals surface area contributed by atoms with Crippen LogP contribution in [0.5, 0.6) is 0 Å². The van der Waals surface area contributed by atoms with E-state index in [0.717, 1.165) is 45.2 Å². The molecule has 0 radical (unpaired) electrons. The molecule has 1 saturated carbocycles. The molecule has 1 aliphatic carbocycles. The Hall–Kier alpha value is -2.64. The number of benzene rings is 2. The van der Waals surface area contributed by atoms with Crippen molar-refractivity contribution < 1.29 is 19.0 Å². The van der Waals surface area contributed by atoms with Crippen LogP contribution in [0.2, 0.25) is 0 Å². The lowest BCUT2D eigenvalue weighted by Gasteiger charge is -2.36. The minimum absolute atomic E-state index is 0.0643. The van der Waals surface area contributed by atoms with Crippen molar-refractivity contribution in [3.8, 4) is 0 Å². The molecule has 4 atom stereocenters. The maximum absolute atomic E-state index is 11.0. The number of furan rings is 2. The Morgan fingerprint density at radius 1 is 0.941 bits per heavy atom. The van der Waals surface area contributed by atoms with Gasteiger partial charge in [-0.15, -0.1) is 0 Å². The predicted molar refractivity (Wildman–Crippen MR) is 133 cm³/mol. The van der Waals surface area contributed by atoms with Gasteiger partial charge >= 0.3 is 0 Å². The van der Waals surface area contributed by atoms with Crippen molar-refractivity contribution in [2.45, 2.75) is 63.4 Å². The quantitative estimate of drug-likeness (QED) is 0.259. The molecule has 1 aliphatic rings. The first-order valence-electron chi connectivity index (χ1n) is 12.3. The Labute approximate surface area is 200 Å². The minimum atomic E-state index is -0.657. The van der Waals surface area contributed by atoms with Crippen molar-refractivity contribution >= 4 is 21.9 Å². The molecule has 4 aromatic rings. The van der Waals surface area contributed by atoms with Gasteiger partial charge in [0, 0.05) is 22.9 Å². The van der Waals surface area contributed by atoms with E-state index >= 15 is 0 Å². The van der Waals surface area contributed by atoms with E-state index in [1.165, 1.54) is 19.3 Å². The van der Waals surface area contributed by atoms with Crippen LogP contribution in [-0.2, 0) is 6.54 Å². The van der Waals surface area contributed by atoms with E-state index in [0.29, 0.717) is 12.5 Å². The Morgan fingerprint density at radius 3 is 2.38 bits per heavy atom. The summed E-state index contributed by atoms with van der Waals surface area (Å²) < 4.78 is 11.6. The van der Waals surface area contributed by atoms with Crippen LogP contribution >= 0.6 is 0 Å². The van der Waals surface area contributed by atoms with Gasteiger partial charge in [-0.25, -0.2) is 0 Å². The molecule has 1 fully saturated rings. The maximum Gasteiger partial charge on any atom is 0.134 e. The monoisotopic (exact) mass is 462 g/mol. The predicted octanol–water partition coefficient (Wildman–Crippen LogP) is 5.20. The van der Waals surface area contributed by atoms with E-state index in [4.69, 9.17) is 8.83 Å². The zero-order valence-corrected chi connectivity index (χ0v) is 19.8. The van der Waals surface area contributed by atoms with Crippen LogP contribution in [0.15, 0.2) is 63.6 Å². The van der Waals surface area contributed by atoms with E-state index in [2.05, 4.69) is 17.6 Å². The number of rotatable bonds is 10. The second-order valence-corrected chi connectivity index (χ2v) is 9.52. The summed E-state index contributed by atoms with van der Waals surface area (Å²) in [5.74, 6) is 1.33. The topological polar surface area (TPSA) is 90.8 Å². The van der Waals surface area contributed by atoms with Crippen molar-refractivity contribution in [2.24, 2.45) is 5.92 Å². The fourth-order valence-electron chi connectivity index (χ4n) is 5.13. The highest BCUT2D eigenvalue weighted by Gasteiger charge is 2.32. The van der Waals surface area contributed by atoms with Crippen molar-refractivity contribution in [1.82, 2.24) is 10.6 Å². The van der Waals surface area contributed by atoms with Crippen LogP contribution in [-0.4, -0.2) is 29.3 Å². The van der Waals surface area contributed by atoms with Crippen molar-refractivity contribution in [3.05, 3.63) is 71.7 Å². The zero-order chi connectivity index (χ0) is 23.7. The number of aliphatic hydroxyl groups is 2. The highest BCUT2D eigenvalue weighted by Crippen LogP contribution is 2.36. The summed E-state index contributed by atoms with van der Waals surface area (Å²) in [6.07, 6.45) is 4.79. The van der Waals surface area contributed by atoms with Gasteiger partial charge in [-0.2, -0.15) is 0 Å². The highest BCUT2D eigenvalue weighted by atomic mass is 16.3. The number of aliphatic hydroxyl groups excluding tert-OH is 2. The van der Waals surface area contributed by atoms with Crippen LogP contribution in [0.4, 0.5) is 0 Å². The number of fused-ring (bicyclic) bond motifs is 2. The number of hydrogen-bond donors (Lipinski definition) is 4. The van der Waals surface area contributed by atoms with Crippen LogP contribution in [0.1, 0.15) is 61.7 Å². The van der Waals surface area contributed by atoms with Gasteiger partial charge in [-0.3, -0.25) is 0 Å². The molecule has 34 heavy (non-hydrogen) atoms. The van der Waals surface area contributed by atoms with Crippen molar-refractivity contribution in [1.29, 1.82) is 0 Å². The summed E-state index contributed by atoms with van der Waals surface area (Å²) >= 11 is 0. The molecule has 4 unspecified atom stereocenters. The van der Waals surface area contributed by atoms with E-state index in [9.17, 15) is 10.2 Å². The van der Waals surface area contributed by atoms with Crippen LogP contribution in [0, 0.1) is 5.92 Å². The molecule has 6 heteroatoms. The molecular weight excluding hydrogens is 428 g/mol. The second-order valence-electron chi connectivity index (χ2n) is 9.52. The molecule has 2 aromatic heterocycles. The van der Waals surface area contributed by atoms with Crippen molar-refractivity contribution in [3.63, 3.8) is 0 Å². The molecule has 2 heterocycles. The third-order valence-corrected chi connectivity index (χ3v) is 7.45. The molecule has 5 rings (SSSR count). The molecule has 0 saturated heterocycles. The normalized spacial score (nSPS) is 18.1. The first-order valence-corrected chi connectivity index (χ1v) is 12.3. The fraction of sp³-hybridized carbons (Fsp3) is 0.429. The average Bonchev–Trinajstić information content (AvgIpc) is 3.46. The van der Waals surface area contributed by atoms with Crippen LogP contribution in [0.25, 0.3) is 21.9 Å². The number of nitrogens with one attached hydrogen (secondary N) is 2. The zero-order valence-electron chi connectivity index (χ0n) is 19.8. The Morgan fingerprint density at radius 2 is 1.68 bits per heavy atom. The average molecular weight is 463 g/mol. The van der Waals surface area contributed by atoms with E-state index in [1.54, 1.807) is 6.26 Å². The summed E-state index contributed by atoms with van der Waals surface area (Å²) in [7, 11) is 1.92. The van der Waals surface area contributed by atoms with Crippen LogP contribution < -0.4 is 10.6 Å². The van der Waals surface area contributed by atoms with Gasteiger partial charge < -0.3 is 29.7 Å². The SMILES string of the molecule is CCC(NCc1cc2ccc(C(O)C(NC)C3CCC3)cc2o1)C(O)c1ccc2ccoc2c1. The van der Waals surface area contributed by atoms with Gasteiger partial charge in [-0.05, 0) is 67.6 Å². The molecule has 2 aromatic carbocycles. The Kier molecular flexibility index (Phi) is 6.75. The van der Waals surface area contributed by atoms with Crippen molar-refractivity contribution in [2.75, 3.05) is 7.05 Å². The molecule has 4 N–H and O–H groups in total. The summed E-state index contributed by atoms with van der Waals surface area (Å²) in [6, 6.07) is 15.7. The first-order chi connectivity index (χ1) is 16.6.